The Balaban J connectivity index is 1.82. The van der Waals surface area contributed by atoms with Gasteiger partial charge in [-0.1, -0.05) is 6.92 Å². The molecule has 0 aromatic carbocycles. The van der Waals surface area contributed by atoms with Crippen LogP contribution >= 0.6 is 11.6 Å². The first-order valence-corrected chi connectivity index (χ1v) is 7.77. The van der Waals surface area contributed by atoms with E-state index in [2.05, 4.69) is 6.92 Å². The van der Waals surface area contributed by atoms with E-state index < -0.39 is 0 Å². The zero-order valence-corrected chi connectivity index (χ0v) is 12.1. The van der Waals surface area contributed by atoms with Crippen LogP contribution in [0.5, 0.6) is 0 Å². The van der Waals surface area contributed by atoms with Gasteiger partial charge in [-0.3, -0.25) is 10.5 Å². The Labute approximate surface area is 115 Å². The molecule has 2 rings (SSSR count). The van der Waals surface area contributed by atoms with Crippen LogP contribution in [0.25, 0.3) is 0 Å². The maximum absolute atomic E-state index is 12.3. The van der Waals surface area contributed by atoms with E-state index in [4.69, 9.17) is 17.3 Å². The van der Waals surface area contributed by atoms with Gasteiger partial charge in [0.05, 0.1) is 6.54 Å². The van der Waals surface area contributed by atoms with Crippen molar-refractivity contribution in [2.45, 2.75) is 57.0 Å². The van der Waals surface area contributed by atoms with Gasteiger partial charge in [-0.15, -0.1) is 11.6 Å². The average molecular weight is 274 g/mol. The lowest BCUT2D eigenvalue weighted by Gasteiger charge is -2.34. The summed E-state index contributed by atoms with van der Waals surface area (Å²) in [6, 6.07) is 0. The molecule has 3 N–H and O–H groups in total. The van der Waals surface area contributed by atoms with Crippen molar-refractivity contribution >= 4 is 17.4 Å². The van der Waals surface area contributed by atoms with Crippen LogP contribution in [0.2, 0.25) is 0 Å². The molecule has 0 spiro atoms. The summed E-state index contributed by atoms with van der Waals surface area (Å²) in [6.45, 7) is 3.94. The van der Waals surface area contributed by atoms with E-state index in [0.29, 0.717) is 23.6 Å². The Morgan fingerprint density at radius 1 is 1.22 bits per heavy atom. The number of carbonyl (C=O) groups excluding carboxylic acids is 1. The minimum Gasteiger partial charge on any atom is -0.314 e. The molecule has 0 aromatic heterocycles. The summed E-state index contributed by atoms with van der Waals surface area (Å²) in [5, 5.41) is 0.290. The number of quaternary nitrogens is 1. The lowest BCUT2D eigenvalue weighted by Crippen LogP contribution is -3.19. The van der Waals surface area contributed by atoms with Crippen LogP contribution in [0, 0.1) is 11.8 Å². The fourth-order valence-corrected chi connectivity index (χ4v) is 3.57. The molecule has 1 saturated heterocycles. The fourth-order valence-electron chi connectivity index (χ4n) is 3.32. The van der Waals surface area contributed by atoms with Crippen molar-refractivity contribution in [2.24, 2.45) is 17.6 Å². The summed E-state index contributed by atoms with van der Waals surface area (Å²) in [5.74, 6) is 1.36. The van der Waals surface area contributed by atoms with E-state index >= 15 is 0 Å². The predicted molar refractivity (Wildman–Crippen MR) is 73.7 cm³/mol. The highest BCUT2D eigenvalue weighted by Gasteiger charge is 2.32. The number of nitrogens with two attached hydrogens (primary N) is 1. The van der Waals surface area contributed by atoms with Crippen molar-refractivity contribution in [1.82, 2.24) is 0 Å². The molecule has 1 heterocycles. The topological polar surface area (TPSA) is 47.5 Å². The van der Waals surface area contributed by atoms with E-state index in [1.807, 2.05) is 0 Å². The first-order valence-electron chi connectivity index (χ1n) is 7.33. The van der Waals surface area contributed by atoms with Gasteiger partial charge < -0.3 is 4.90 Å². The van der Waals surface area contributed by atoms with Gasteiger partial charge in [0.1, 0.15) is 12.7 Å². The fraction of sp³-hybridized carbons (Fsp3) is 0.929. The van der Waals surface area contributed by atoms with E-state index in [0.717, 1.165) is 38.6 Å². The van der Waals surface area contributed by atoms with E-state index in [1.165, 1.54) is 11.3 Å². The highest BCUT2D eigenvalue weighted by atomic mass is 35.5. The zero-order valence-electron chi connectivity index (χ0n) is 11.3. The number of likely N-dealkylation sites (tertiary alicyclic amines) is 1. The minimum atomic E-state index is 0.162. The van der Waals surface area contributed by atoms with Crippen LogP contribution < -0.4 is 10.6 Å². The maximum Gasteiger partial charge on any atom is 0.189 e. The van der Waals surface area contributed by atoms with Crippen LogP contribution in [-0.4, -0.2) is 30.4 Å². The Hall–Kier alpha value is -0.120. The molecule has 0 amide bonds. The quantitative estimate of drug-likeness (QED) is 0.753. The monoisotopic (exact) mass is 273 g/mol. The largest absolute Gasteiger partial charge is 0.314 e. The molecule has 3 nitrogen and oxygen atoms in total. The van der Waals surface area contributed by atoms with E-state index in [1.54, 1.807) is 0 Å². The standard InChI is InChI=1S/C14H25ClN2O/c1-10-2-7-14(16)17(8-10)9-13(18)11-3-5-12(15)6-4-11/h10-12,14H,2-9,16H2,1H3/p+1. The van der Waals surface area contributed by atoms with Crippen molar-refractivity contribution in [3.8, 4) is 0 Å². The number of piperidine rings is 1. The van der Waals surface area contributed by atoms with E-state index in [-0.39, 0.29) is 12.1 Å². The smallest absolute Gasteiger partial charge is 0.189 e. The number of carbonyl (C=O) groups is 1. The molecule has 1 aliphatic carbocycles. The molecule has 2 fully saturated rings. The number of halogens is 1. The van der Waals surface area contributed by atoms with Crippen LogP contribution in [-0.2, 0) is 4.79 Å². The number of rotatable bonds is 3. The summed E-state index contributed by atoms with van der Waals surface area (Å²) < 4.78 is 0. The summed E-state index contributed by atoms with van der Waals surface area (Å²) in [6.07, 6.45) is 6.37. The second kappa shape index (κ2) is 6.36. The van der Waals surface area contributed by atoms with Gasteiger partial charge in [0, 0.05) is 23.6 Å². The average Bonchev–Trinajstić information content (AvgIpc) is 2.34. The second-order valence-corrected chi connectivity index (χ2v) is 6.86. The molecule has 104 valence electrons. The maximum atomic E-state index is 12.3. The molecule has 3 unspecified atom stereocenters. The molecule has 1 saturated carbocycles. The van der Waals surface area contributed by atoms with Crippen molar-refractivity contribution in [3.63, 3.8) is 0 Å². The first kappa shape index (κ1) is 14.3. The normalized spacial score (nSPS) is 41.6. The SMILES string of the molecule is CC1CCC(N)[NH+](CC(=O)C2CCC(Cl)CC2)C1. The van der Waals surface area contributed by atoms with Crippen molar-refractivity contribution in [1.29, 1.82) is 0 Å². The van der Waals surface area contributed by atoms with Gasteiger partial charge in [-0.25, -0.2) is 0 Å². The van der Waals surface area contributed by atoms with Crippen LogP contribution in [0.1, 0.15) is 45.4 Å². The van der Waals surface area contributed by atoms with E-state index in [9.17, 15) is 4.79 Å². The Kier molecular flexibility index (Phi) is 5.05. The first-order chi connectivity index (χ1) is 8.56. The minimum absolute atomic E-state index is 0.162. The van der Waals surface area contributed by atoms with Gasteiger partial charge in [-0.05, 0) is 32.1 Å². The molecule has 0 bridgehead atoms. The Morgan fingerprint density at radius 2 is 1.89 bits per heavy atom. The molecule has 3 atom stereocenters. The zero-order chi connectivity index (χ0) is 13.1. The Morgan fingerprint density at radius 3 is 2.56 bits per heavy atom. The number of alkyl halides is 1. The molecule has 18 heavy (non-hydrogen) atoms. The lowest BCUT2D eigenvalue weighted by atomic mass is 9.85. The molecule has 2 aliphatic rings. The Bertz CT molecular complexity index is 290. The van der Waals surface area contributed by atoms with Crippen molar-refractivity contribution < 1.29 is 9.69 Å². The number of nitrogens with one attached hydrogen (secondary N) is 1. The van der Waals surface area contributed by atoms with Gasteiger partial charge >= 0.3 is 0 Å². The summed E-state index contributed by atoms with van der Waals surface area (Å²) in [7, 11) is 0. The number of Topliss-reactive ketones (excluding diaryl/α,β-unsaturated/α-hetero) is 1. The van der Waals surface area contributed by atoms with Crippen molar-refractivity contribution in [3.05, 3.63) is 0 Å². The molecule has 1 aliphatic heterocycles. The number of ketones is 1. The molecular formula is C14H26ClN2O+. The second-order valence-electron chi connectivity index (χ2n) is 6.24. The highest BCUT2D eigenvalue weighted by Crippen LogP contribution is 2.27. The van der Waals surface area contributed by atoms with Gasteiger partial charge in [0.15, 0.2) is 5.78 Å². The summed E-state index contributed by atoms with van der Waals surface area (Å²) >= 11 is 6.08. The molecule has 0 aromatic rings. The predicted octanol–water partition coefficient (Wildman–Crippen LogP) is 0.953. The van der Waals surface area contributed by atoms with Crippen LogP contribution in [0.15, 0.2) is 0 Å². The number of hydrogen-bond donors (Lipinski definition) is 2. The third-order valence-corrected chi connectivity index (χ3v) is 5.06. The van der Waals surface area contributed by atoms with Gasteiger partial charge in [0.25, 0.3) is 0 Å². The third kappa shape index (κ3) is 3.69. The van der Waals surface area contributed by atoms with Crippen LogP contribution in [0.3, 0.4) is 0 Å². The highest BCUT2D eigenvalue weighted by molar-refractivity contribution is 6.20. The molecule has 0 radical (unpaired) electrons. The van der Waals surface area contributed by atoms with Gasteiger partial charge in [0.2, 0.25) is 0 Å². The summed E-state index contributed by atoms with van der Waals surface area (Å²) in [5.41, 5.74) is 6.13. The molecular weight excluding hydrogens is 248 g/mol. The van der Waals surface area contributed by atoms with Crippen molar-refractivity contribution in [2.75, 3.05) is 13.1 Å². The van der Waals surface area contributed by atoms with Gasteiger partial charge in [-0.2, -0.15) is 0 Å². The van der Waals surface area contributed by atoms with Crippen LogP contribution in [0.4, 0.5) is 0 Å². The number of hydrogen-bond acceptors (Lipinski definition) is 2. The lowest BCUT2D eigenvalue weighted by molar-refractivity contribution is -0.926. The third-order valence-electron chi connectivity index (χ3n) is 4.62. The summed E-state index contributed by atoms with van der Waals surface area (Å²) in [4.78, 5) is 13.6. The molecule has 4 heteroatoms.